The molecule has 31 heavy (non-hydrogen) atoms. The van der Waals surface area contributed by atoms with Crippen LogP contribution in [0.1, 0.15) is 47.6 Å². The maximum Gasteiger partial charge on any atom is 0.259 e. The minimum Gasteiger partial charge on any atom is -0.497 e. The number of fused-ring (bicyclic) bond motifs is 4. The average molecular weight is 427 g/mol. The van der Waals surface area contributed by atoms with Crippen LogP contribution in [0.25, 0.3) is 0 Å². The molecular formula is C25H28F2N2O2. The van der Waals surface area contributed by atoms with Gasteiger partial charge in [-0.1, -0.05) is 18.2 Å². The molecule has 3 aliphatic rings. The number of hydrogen-bond donors (Lipinski definition) is 0. The van der Waals surface area contributed by atoms with Crippen LogP contribution in [0.15, 0.2) is 42.5 Å². The average Bonchev–Trinajstić information content (AvgIpc) is 2.78. The molecule has 1 amide bonds. The van der Waals surface area contributed by atoms with Gasteiger partial charge in [0.15, 0.2) is 0 Å². The molecule has 2 aromatic rings. The van der Waals surface area contributed by atoms with E-state index in [1.54, 1.807) is 12.0 Å². The predicted octanol–water partition coefficient (Wildman–Crippen LogP) is 4.66. The van der Waals surface area contributed by atoms with Crippen LogP contribution in [-0.2, 0) is 0 Å². The maximum absolute atomic E-state index is 14.2. The number of carbonyl (C=O) groups excluding carboxylic acids is 1. The molecule has 2 aromatic carbocycles. The largest absolute Gasteiger partial charge is 0.497 e. The van der Waals surface area contributed by atoms with Gasteiger partial charge in [-0.2, -0.15) is 0 Å². The number of carbonyl (C=O) groups is 1. The zero-order valence-electron chi connectivity index (χ0n) is 17.8. The van der Waals surface area contributed by atoms with Crippen molar-refractivity contribution in [2.45, 2.75) is 37.8 Å². The highest BCUT2D eigenvalue weighted by Crippen LogP contribution is 2.44. The van der Waals surface area contributed by atoms with Crippen molar-refractivity contribution in [3.8, 4) is 5.75 Å². The SMILES string of the molecule is COc1ccc([C@H]2CCC[C@H]3[C@@H]4C[C@@H](CN(C(=O)c5c(F)cccc5F)C4)CN23)cc1. The zero-order chi connectivity index (χ0) is 21.5. The van der Waals surface area contributed by atoms with E-state index in [0.717, 1.165) is 50.1 Å². The van der Waals surface area contributed by atoms with E-state index in [1.165, 1.54) is 11.6 Å². The molecule has 164 valence electrons. The Morgan fingerprint density at radius 2 is 1.74 bits per heavy atom. The number of nitrogens with zero attached hydrogens (tertiary/aromatic N) is 2. The van der Waals surface area contributed by atoms with E-state index < -0.39 is 23.1 Å². The normalized spacial score (nSPS) is 28.2. The Morgan fingerprint density at radius 1 is 1.00 bits per heavy atom. The lowest BCUT2D eigenvalue weighted by molar-refractivity contribution is -0.0513. The zero-order valence-corrected chi connectivity index (χ0v) is 17.8. The summed E-state index contributed by atoms with van der Waals surface area (Å²) in [4.78, 5) is 17.3. The van der Waals surface area contributed by atoms with E-state index in [9.17, 15) is 13.6 Å². The summed E-state index contributed by atoms with van der Waals surface area (Å²) in [5, 5.41) is 0. The van der Waals surface area contributed by atoms with Gasteiger partial charge in [-0.25, -0.2) is 8.78 Å². The van der Waals surface area contributed by atoms with Crippen molar-refractivity contribution in [3.05, 3.63) is 65.2 Å². The standard InChI is InChI=1S/C25H28F2N2O2/c1-31-19-10-8-17(9-11-19)22-6-3-7-23-18-12-16(14-29(22)23)13-28(15-18)25(30)24-20(26)4-2-5-21(24)27/h2,4-5,8-11,16,18,22-23H,3,6-7,12-15H2,1H3/t16-,18+,22+,23-/m0/s1. The Balaban J connectivity index is 1.36. The second-order valence-corrected chi connectivity index (χ2v) is 9.15. The highest BCUT2D eigenvalue weighted by Gasteiger charge is 2.46. The van der Waals surface area contributed by atoms with Crippen molar-refractivity contribution in [3.63, 3.8) is 0 Å². The Labute approximate surface area is 181 Å². The first-order chi connectivity index (χ1) is 15.0. The van der Waals surface area contributed by atoms with Gasteiger partial charge < -0.3 is 9.64 Å². The van der Waals surface area contributed by atoms with Crippen LogP contribution in [0.5, 0.6) is 5.75 Å². The molecule has 0 spiro atoms. The number of benzene rings is 2. The third-order valence-corrected chi connectivity index (χ3v) is 7.35. The number of hydrogen-bond acceptors (Lipinski definition) is 3. The fraction of sp³-hybridized carbons (Fsp3) is 0.480. The maximum atomic E-state index is 14.2. The smallest absolute Gasteiger partial charge is 0.259 e. The van der Waals surface area contributed by atoms with Crippen LogP contribution in [-0.4, -0.2) is 48.5 Å². The Kier molecular flexibility index (Phi) is 5.42. The van der Waals surface area contributed by atoms with Crippen molar-refractivity contribution >= 4 is 5.91 Å². The first-order valence-corrected chi connectivity index (χ1v) is 11.2. The summed E-state index contributed by atoms with van der Waals surface area (Å²) in [7, 11) is 1.68. The van der Waals surface area contributed by atoms with Gasteiger partial charge in [0.2, 0.25) is 0 Å². The summed E-state index contributed by atoms with van der Waals surface area (Å²) in [6, 6.07) is 12.7. The number of ether oxygens (including phenoxy) is 1. The first-order valence-electron chi connectivity index (χ1n) is 11.2. The van der Waals surface area contributed by atoms with E-state index in [0.29, 0.717) is 37.0 Å². The number of piperidine rings is 3. The van der Waals surface area contributed by atoms with Crippen LogP contribution < -0.4 is 4.74 Å². The molecule has 0 aromatic heterocycles. The fourth-order valence-corrected chi connectivity index (χ4v) is 6.02. The molecule has 3 heterocycles. The van der Waals surface area contributed by atoms with Crippen LogP contribution in [0.2, 0.25) is 0 Å². The third-order valence-electron chi connectivity index (χ3n) is 7.35. The summed E-state index contributed by atoms with van der Waals surface area (Å²) >= 11 is 0. The van der Waals surface area contributed by atoms with Gasteiger partial charge in [0.1, 0.15) is 22.9 Å². The Bertz CT molecular complexity index is 944. The molecule has 0 saturated carbocycles. The second kappa shape index (κ2) is 8.23. The van der Waals surface area contributed by atoms with E-state index in [-0.39, 0.29) is 0 Å². The lowest BCUT2D eigenvalue weighted by Crippen LogP contribution is -2.60. The van der Waals surface area contributed by atoms with Gasteiger partial charge in [0.25, 0.3) is 5.91 Å². The van der Waals surface area contributed by atoms with Crippen LogP contribution in [0, 0.1) is 23.5 Å². The fourth-order valence-electron chi connectivity index (χ4n) is 6.02. The Morgan fingerprint density at radius 3 is 2.45 bits per heavy atom. The van der Waals surface area contributed by atoms with Gasteiger partial charge in [-0.05, 0) is 67.3 Å². The van der Waals surface area contributed by atoms with Crippen molar-refractivity contribution in [1.82, 2.24) is 9.80 Å². The molecule has 0 aliphatic carbocycles. The lowest BCUT2D eigenvalue weighted by Gasteiger charge is -2.55. The van der Waals surface area contributed by atoms with Crippen molar-refractivity contribution in [1.29, 1.82) is 0 Å². The summed E-state index contributed by atoms with van der Waals surface area (Å²) in [5.74, 6) is -0.540. The molecule has 2 bridgehead atoms. The lowest BCUT2D eigenvalue weighted by atomic mass is 9.73. The predicted molar refractivity (Wildman–Crippen MR) is 114 cm³/mol. The molecule has 0 radical (unpaired) electrons. The van der Waals surface area contributed by atoms with Gasteiger partial charge in [-0.3, -0.25) is 9.69 Å². The molecule has 0 N–H and O–H groups in total. The minimum absolute atomic E-state index is 0.327. The quantitative estimate of drug-likeness (QED) is 0.716. The highest BCUT2D eigenvalue weighted by atomic mass is 19.1. The molecule has 0 unspecified atom stereocenters. The summed E-state index contributed by atoms with van der Waals surface area (Å²) < 4.78 is 33.7. The Hall–Kier alpha value is -2.47. The molecular weight excluding hydrogens is 398 g/mol. The summed E-state index contributed by atoms with van der Waals surface area (Å²) in [6.45, 7) is 2.04. The van der Waals surface area contributed by atoms with Gasteiger partial charge in [-0.15, -0.1) is 0 Å². The monoisotopic (exact) mass is 426 g/mol. The molecule has 3 aliphatic heterocycles. The van der Waals surface area contributed by atoms with Crippen LogP contribution in [0.3, 0.4) is 0 Å². The van der Waals surface area contributed by atoms with Gasteiger partial charge in [0.05, 0.1) is 7.11 Å². The van der Waals surface area contributed by atoms with E-state index in [2.05, 4.69) is 17.0 Å². The molecule has 3 fully saturated rings. The van der Waals surface area contributed by atoms with E-state index in [4.69, 9.17) is 4.74 Å². The number of rotatable bonds is 3. The van der Waals surface area contributed by atoms with Crippen molar-refractivity contribution in [2.24, 2.45) is 11.8 Å². The number of amides is 1. The van der Waals surface area contributed by atoms with Gasteiger partial charge >= 0.3 is 0 Å². The molecule has 4 atom stereocenters. The van der Waals surface area contributed by atoms with Crippen LogP contribution >= 0.6 is 0 Å². The van der Waals surface area contributed by atoms with Gasteiger partial charge in [0, 0.05) is 31.7 Å². The first kappa shape index (κ1) is 20.4. The molecule has 5 rings (SSSR count). The topological polar surface area (TPSA) is 32.8 Å². The van der Waals surface area contributed by atoms with E-state index in [1.807, 2.05) is 12.1 Å². The minimum atomic E-state index is -0.778. The number of methoxy groups -OCH3 is 1. The summed E-state index contributed by atoms with van der Waals surface area (Å²) in [5.41, 5.74) is 0.894. The number of likely N-dealkylation sites (tertiary alicyclic amines) is 1. The van der Waals surface area contributed by atoms with Crippen molar-refractivity contribution in [2.75, 3.05) is 26.7 Å². The summed E-state index contributed by atoms with van der Waals surface area (Å²) in [6.07, 6.45) is 4.47. The third kappa shape index (κ3) is 3.71. The molecule has 4 nitrogen and oxygen atoms in total. The molecule has 6 heteroatoms. The van der Waals surface area contributed by atoms with Crippen molar-refractivity contribution < 1.29 is 18.3 Å². The molecule has 3 saturated heterocycles. The van der Waals surface area contributed by atoms with E-state index >= 15 is 0 Å². The van der Waals surface area contributed by atoms with Crippen LogP contribution in [0.4, 0.5) is 8.78 Å². The number of halogens is 2. The second-order valence-electron chi connectivity index (χ2n) is 9.15. The highest BCUT2D eigenvalue weighted by molar-refractivity contribution is 5.94.